The average Bonchev–Trinajstić information content (AvgIpc) is 3.39. The Morgan fingerprint density at radius 1 is 1.25 bits per heavy atom. The summed E-state index contributed by atoms with van der Waals surface area (Å²) in [4.78, 5) is 23.5. The van der Waals surface area contributed by atoms with E-state index in [2.05, 4.69) is 51.7 Å². The minimum absolute atomic E-state index is 0.0318. The number of benzene rings is 2. The minimum atomic E-state index is -0.709. The fourth-order valence-corrected chi connectivity index (χ4v) is 3.17. The Balaban J connectivity index is 1.73. The Labute approximate surface area is 187 Å². The lowest BCUT2D eigenvalue weighted by Gasteiger charge is -2.05. The maximum absolute atomic E-state index is 12.8. The maximum atomic E-state index is 12.8. The lowest BCUT2D eigenvalue weighted by atomic mass is 10.1. The molecule has 13 nitrogen and oxygen atoms in total. The van der Waals surface area contributed by atoms with Gasteiger partial charge in [-0.3, -0.25) is 14.9 Å². The molecule has 0 aliphatic heterocycles. The Morgan fingerprint density at radius 2 is 2.06 bits per heavy atom. The van der Waals surface area contributed by atoms with Crippen molar-refractivity contribution in [3.05, 3.63) is 74.4 Å². The number of nitrogens with two attached hydrogens (primary N) is 1. The summed E-state index contributed by atoms with van der Waals surface area (Å²) in [5.74, 6) is -0.851. The molecule has 0 aliphatic carbocycles. The number of halogens is 1. The van der Waals surface area contributed by atoms with Crippen molar-refractivity contribution in [1.29, 1.82) is 0 Å². The summed E-state index contributed by atoms with van der Waals surface area (Å²) >= 11 is 3.35. The molecule has 0 unspecified atom stereocenters. The number of nitrogen functional groups attached to an aromatic ring is 1. The van der Waals surface area contributed by atoms with E-state index in [-0.39, 0.29) is 34.3 Å². The molecular weight excluding hydrogens is 486 g/mol. The van der Waals surface area contributed by atoms with Crippen LogP contribution in [0.5, 0.6) is 0 Å². The lowest BCUT2D eigenvalue weighted by molar-refractivity contribution is -0.384. The van der Waals surface area contributed by atoms with Crippen molar-refractivity contribution in [2.45, 2.75) is 0 Å². The van der Waals surface area contributed by atoms with Crippen LogP contribution in [0.25, 0.3) is 17.1 Å². The molecule has 0 aliphatic rings. The fourth-order valence-electron chi connectivity index (χ4n) is 2.75. The summed E-state index contributed by atoms with van der Waals surface area (Å²) in [6, 6.07) is 12.9. The van der Waals surface area contributed by atoms with Gasteiger partial charge in [-0.1, -0.05) is 45.4 Å². The Morgan fingerprint density at radius 3 is 2.78 bits per heavy atom. The SMILES string of the molecule is Nc1nonc1-n1nnc(C(=O)N/N=C/c2cccc(Br)c2)c1-c1cccc([N+](=O)[O-])c1. The average molecular weight is 498 g/mol. The monoisotopic (exact) mass is 497 g/mol. The minimum Gasteiger partial charge on any atom is -0.378 e. The molecule has 1 amide bonds. The number of hydrogen-bond donors (Lipinski definition) is 2. The van der Waals surface area contributed by atoms with Crippen LogP contribution in [0.2, 0.25) is 0 Å². The molecule has 0 spiro atoms. The van der Waals surface area contributed by atoms with Gasteiger partial charge in [0.05, 0.1) is 11.1 Å². The van der Waals surface area contributed by atoms with E-state index in [4.69, 9.17) is 5.73 Å². The zero-order chi connectivity index (χ0) is 22.7. The fraction of sp³-hybridized carbons (Fsp3) is 0. The first-order valence-corrected chi connectivity index (χ1v) is 9.61. The predicted octanol–water partition coefficient (Wildman–Crippen LogP) is 2.33. The van der Waals surface area contributed by atoms with Crippen LogP contribution < -0.4 is 11.2 Å². The van der Waals surface area contributed by atoms with Gasteiger partial charge in [0.25, 0.3) is 11.6 Å². The number of amides is 1. The Hall–Kier alpha value is -4.46. The first-order chi connectivity index (χ1) is 15.4. The summed E-state index contributed by atoms with van der Waals surface area (Å²) in [7, 11) is 0. The second kappa shape index (κ2) is 8.73. The topological polar surface area (TPSA) is 180 Å². The van der Waals surface area contributed by atoms with Crippen molar-refractivity contribution in [1.82, 2.24) is 30.7 Å². The standard InChI is InChI=1S/C18H12BrN9O4/c19-12-5-1-3-10(7-12)9-21-23-18(29)14-15(11-4-2-6-13(8-11)28(30)31)27(26-22-14)17-16(20)24-32-25-17/h1-9H,(H2,20,24)(H,23,29)/b21-9+. The van der Waals surface area contributed by atoms with Gasteiger partial charge in [0.15, 0.2) is 5.69 Å². The number of nitro benzene ring substituents is 1. The van der Waals surface area contributed by atoms with Crippen LogP contribution in [0.1, 0.15) is 16.1 Å². The Bertz CT molecular complexity index is 1350. The summed E-state index contributed by atoms with van der Waals surface area (Å²) in [6.45, 7) is 0. The first-order valence-electron chi connectivity index (χ1n) is 8.82. The molecule has 4 rings (SSSR count). The second-order valence-corrected chi connectivity index (χ2v) is 7.15. The van der Waals surface area contributed by atoms with E-state index in [1.165, 1.54) is 24.4 Å². The van der Waals surface area contributed by atoms with Crippen LogP contribution >= 0.6 is 15.9 Å². The maximum Gasteiger partial charge on any atom is 0.294 e. The number of carbonyl (C=O) groups is 1. The number of nitrogens with one attached hydrogen (secondary N) is 1. The van der Waals surface area contributed by atoms with Crippen molar-refractivity contribution in [2.24, 2.45) is 5.10 Å². The van der Waals surface area contributed by atoms with Crippen molar-refractivity contribution in [3.8, 4) is 17.1 Å². The van der Waals surface area contributed by atoms with E-state index in [1.807, 2.05) is 12.1 Å². The van der Waals surface area contributed by atoms with Crippen LogP contribution in [-0.2, 0) is 0 Å². The highest BCUT2D eigenvalue weighted by molar-refractivity contribution is 9.10. The molecule has 2 aromatic heterocycles. The molecule has 32 heavy (non-hydrogen) atoms. The quantitative estimate of drug-likeness (QED) is 0.229. The number of hydrazone groups is 1. The van der Waals surface area contributed by atoms with Gasteiger partial charge in [-0.15, -0.1) is 5.10 Å². The Kier molecular flexibility index (Phi) is 5.67. The van der Waals surface area contributed by atoms with Crippen LogP contribution in [0.3, 0.4) is 0 Å². The molecule has 0 saturated carbocycles. The molecule has 0 fully saturated rings. The third-order valence-electron chi connectivity index (χ3n) is 4.14. The number of carbonyl (C=O) groups excluding carboxylic acids is 1. The summed E-state index contributed by atoms with van der Waals surface area (Å²) in [5.41, 5.74) is 8.85. The molecule has 2 aromatic carbocycles. The molecule has 160 valence electrons. The second-order valence-electron chi connectivity index (χ2n) is 6.23. The first kappa shape index (κ1) is 20.8. The summed E-state index contributed by atoms with van der Waals surface area (Å²) in [5, 5.41) is 30.1. The highest BCUT2D eigenvalue weighted by Crippen LogP contribution is 2.29. The van der Waals surface area contributed by atoms with E-state index in [9.17, 15) is 14.9 Å². The van der Waals surface area contributed by atoms with Gasteiger partial charge in [0, 0.05) is 22.2 Å². The molecule has 14 heteroatoms. The van der Waals surface area contributed by atoms with Crippen molar-refractivity contribution in [3.63, 3.8) is 0 Å². The largest absolute Gasteiger partial charge is 0.378 e. The molecule has 0 bridgehead atoms. The van der Waals surface area contributed by atoms with E-state index in [0.29, 0.717) is 0 Å². The van der Waals surface area contributed by atoms with Crippen molar-refractivity contribution < 1.29 is 14.3 Å². The molecule has 0 radical (unpaired) electrons. The molecular formula is C18H12BrN9O4. The van der Waals surface area contributed by atoms with Crippen molar-refractivity contribution >= 4 is 39.6 Å². The normalized spacial score (nSPS) is 11.0. The number of hydrogen-bond acceptors (Lipinski definition) is 10. The summed E-state index contributed by atoms with van der Waals surface area (Å²) < 4.78 is 6.55. The molecule has 0 saturated heterocycles. The zero-order valence-corrected chi connectivity index (χ0v) is 17.5. The van der Waals surface area contributed by atoms with Gasteiger partial charge in [-0.05, 0) is 28.0 Å². The van der Waals surface area contributed by atoms with Crippen LogP contribution in [0.4, 0.5) is 11.5 Å². The van der Waals surface area contributed by atoms with E-state index in [0.717, 1.165) is 14.7 Å². The van der Waals surface area contributed by atoms with Gasteiger partial charge in [-0.25, -0.2) is 10.1 Å². The van der Waals surface area contributed by atoms with Gasteiger partial charge in [0.1, 0.15) is 5.69 Å². The number of nitro groups is 1. The molecule has 2 heterocycles. The van der Waals surface area contributed by atoms with E-state index in [1.54, 1.807) is 18.2 Å². The molecule has 4 aromatic rings. The summed E-state index contributed by atoms with van der Waals surface area (Å²) in [6.07, 6.45) is 1.44. The number of aromatic nitrogens is 5. The predicted molar refractivity (Wildman–Crippen MR) is 115 cm³/mol. The van der Waals surface area contributed by atoms with Gasteiger partial charge in [0.2, 0.25) is 11.6 Å². The van der Waals surface area contributed by atoms with Gasteiger partial charge in [-0.2, -0.15) is 9.78 Å². The highest BCUT2D eigenvalue weighted by Gasteiger charge is 2.26. The van der Waals surface area contributed by atoms with Crippen LogP contribution in [0, 0.1) is 10.1 Å². The van der Waals surface area contributed by atoms with Crippen LogP contribution in [-0.4, -0.2) is 42.4 Å². The molecule has 3 N–H and O–H groups in total. The highest BCUT2D eigenvalue weighted by atomic mass is 79.9. The van der Waals surface area contributed by atoms with E-state index >= 15 is 0 Å². The van der Waals surface area contributed by atoms with E-state index < -0.39 is 10.8 Å². The number of non-ortho nitro benzene ring substituents is 1. The van der Waals surface area contributed by atoms with Crippen molar-refractivity contribution in [2.75, 3.05) is 5.73 Å². The smallest absolute Gasteiger partial charge is 0.294 e. The van der Waals surface area contributed by atoms with Gasteiger partial charge < -0.3 is 5.73 Å². The van der Waals surface area contributed by atoms with Gasteiger partial charge >= 0.3 is 0 Å². The lowest BCUT2D eigenvalue weighted by Crippen LogP contribution is -2.19. The number of rotatable bonds is 6. The zero-order valence-electron chi connectivity index (χ0n) is 15.9. The third kappa shape index (κ3) is 4.20. The third-order valence-corrected chi connectivity index (χ3v) is 4.63. The number of nitrogens with zero attached hydrogens (tertiary/aromatic N) is 7. The molecule has 0 atom stereocenters. The van der Waals surface area contributed by atoms with Crippen LogP contribution in [0.15, 0.2) is 62.7 Å². The number of anilines is 1.